The van der Waals surface area contributed by atoms with Gasteiger partial charge in [-0.15, -0.1) is 0 Å². The standard InChI is InChI=1S/C12H15NO2/c1-12(2,15)9-4-5-10-8(6-9)7-11(14)13(10)3/h4-6,15H,7H2,1-3H3. The Morgan fingerprint density at radius 2 is 2.07 bits per heavy atom. The summed E-state index contributed by atoms with van der Waals surface area (Å²) in [7, 11) is 1.78. The zero-order valence-corrected chi connectivity index (χ0v) is 9.24. The van der Waals surface area contributed by atoms with Crippen LogP contribution in [-0.4, -0.2) is 18.1 Å². The van der Waals surface area contributed by atoms with Gasteiger partial charge in [0, 0.05) is 12.7 Å². The van der Waals surface area contributed by atoms with Crippen molar-refractivity contribution in [1.82, 2.24) is 0 Å². The maximum Gasteiger partial charge on any atom is 0.231 e. The molecule has 1 aliphatic rings. The first-order valence-corrected chi connectivity index (χ1v) is 5.02. The van der Waals surface area contributed by atoms with Crippen LogP contribution in [0.15, 0.2) is 18.2 Å². The van der Waals surface area contributed by atoms with Gasteiger partial charge in [0.05, 0.1) is 12.0 Å². The number of hydrogen-bond acceptors (Lipinski definition) is 2. The van der Waals surface area contributed by atoms with Gasteiger partial charge >= 0.3 is 0 Å². The molecule has 2 rings (SSSR count). The summed E-state index contributed by atoms with van der Waals surface area (Å²) in [6.07, 6.45) is 0.440. The first-order chi connectivity index (χ1) is 6.89. The summed E-state index contributed by atoms with van der Waals surface area (Å²) >= 11 is 0. The third-order valence-corrected chi connectivity index (χ3v) is 2.86. The zero-order chi connectivity index (χ0) is 11.2. The normalized spacial score (nSPS) is 15.7. The predicted molar refractivity (Wildman–Crippen MR) is 58.8 cm³/mol. The molecule has 0 saturated carbocycles. The number of amides is 1. The van der Waals surface area contributed by atoms with Crippen molar-refractivity contribution in [3.63, 3.8) is 0 Å². The summed E-state index contributed by atoms with van der Waals surface area (Å²) in [5.41, 5.74) is 1.96. The van der Waals surface area contributed by atoms with E-state index in [1.54, 1.807) is 25.8 Å². The lowest BCUT2D eigenvalue weighted by atomic mass is 9.96. The van der Waals surface area contributed by atoms with Crippen molar-refractivity contribution in [3.8, 4) is 0 Å². The van der Waals surface area contributed by atoms with Gasteiger partial charge in [-0.1, -0.05) is 12.1 Å². The van der Waals surface area contributed by atoms with Gasteiger partial charge in [0.1, 0.15) is 0 Å². The van der Waals surface area contributed by atoms with Crippen LogP contribution in [0, 0.1) is 0 Å². The van der Waals surface area contributed by atoms with Crippen LogP contribution >= 0.6 is 0 Å². The minimum Gasteiger partial charge on any atom is -0.386 e. The van der Waals surface area contributed by atoms with Crippen molar-refractivity contribution in [2.75, 3.05) is 11.9 Å². The van der Waals surface area contributed by atoms with E-state index in [1.165, 1.54) is 0 Å². The van der Waals surface area contributed by atoms with Gasteiger partial charge in [-0.05, 0) is 31.0 Å². The monoisotopic (exact) mass is 205 g/mol. The van der Waals surface area contributed by atoms with E-state index in [9.17, 15) is 9.90 Å². The molecule has 0 fully saturated rings. The molecule has 0 radical (unpaired) electrons. The minimum atomic E-state index is -0.848. The molecule has 1 amide bonds. The lowest BCUT2D eigenvalue weighted by molar-refractivity contribution is -0.117. The quantitative estimate of drug-likeness (QED) is 0.753. The van der Waals surface area contributed by atoms with Crippen LogP contribution in [0.1, 0.15) is 25.0 Å². The van der Waals surface area contributed by atoms with Crippen LogP contribution in [0.5, 0.6) is 0 Å². The van der Waals surface area contributed by atoms with Crippen LogP contribution in [0.3, 0.4) is 0 Å². The minimum absolute atomic E-state index is 0.109. The fourth-order valence-corrected chi connectivity index (χ4v) is 1.85. The number of nitrogens with zero attached hydrogens (tertiary/aromatic N) is 1. The van der Waals surface area contributed by atoms with E-state index in [4.69, 9.17) is 0 Å². The Balaban J connectivity index is 2.47. The van der Waals surface area contributed by atoms with Gasteiger partial charge in [-0.2, -0.15) is 0 Å². The molecule has 0 aliphatic carbocycles. The van der Waals surface area contributed by atoms with Gasteiger partial charge < -0.3 is 10.0 Å². The molecule has 15 heavy (non-hydrogen) atoms. The molecular formula is C12H15NO2. The second kappa shape index (κ2) is 3.07. The average molecular weight is 205 g/mol. The summed E-state index contributed by atoms with van der Waals surface area (Å²) in [5.74, 6) is 0.109. The third kappa shape index (κ3) is 1.63. The Morgan fingerprint density at radius 3 is 2.67 bits per heavy atom. The molecule has 0 bridgehead atoms. The molecule has 1 N–H and O–H groups in total. The average Bonchev–Trinajstić information content (AvgIpc) is 2.41. The molecule has 1 aliphatic heterocycles. The SMILES string of the molecule is CN1C(=O)Cc2cc(C(C)(C)O)ccc21. The number of carbonyl (C=O) groups is 1. The number of aliphatic hydroxyl groups is 1. The highest BCUT2D eigenvalue weighted by molar-refractivity contribution is 6.00. The highest BCUT2D eigenvalue weighted by Gasteiger charge is 2.26. The van der Waals surface area contributed by atoms with Crippen molar-refractivity contribution in [2.45, 2.75) is 25.9 Å². The van der Waals surface area contributed by atoms with E-state index >= 15 is 0 Å². The molecule has 80 valence electrons. The van der Waals surface area contributed by atoms with E-state index in [-0.39, 0.29) is 5.91 Å². The fraction of sp³-hybridized carbons (Fsp3) is 0.417. The molecule has 0 unspecified atom stereocenters. The maximum atomic E-state index is 11.5. The van der Waals surface area contributed by atoms with Crippen LogP contribution in [0.25, 0.3) is 0 Å². The molecule has 0 spiro atoms. The lowest BCUT2D eigenvalue weighted by Gasteiger charge is -2.19. The summed E-state index contributed by atoms with van der Waals surface area (Å²) in [4.78, 5) is 13.1. The highest BCUT2D eigenvalue weighted by atomic mass is 16.3. The molecule has 3 heteroatoms. The predicted octanol–water partition coefficient (Wildman–Crippen LogP) is 1.43. The summed E-state index contributed by atoms with van der Waals surface area (Å²) < 4.78 is 0. The number of benzene rings is 1. The number of carbonyl (C=O) groups excluding carboxylic acids is 1. The lowest BCUT2D eigenvalue weighted by Crippen LogP contribution is -2.20. The van der Waals surface area contributed by atoms with Gasteiger partial charge in [0.15, 0.2) is 0 Å². The molecular weight excluding hydrogens is 190 g/mol. The Kier molecular flexibility index (Phi) is 2.08. The van der Waals surface area contributed by atoms with Crippen molar-refractivity contribution in [2.24, 2.45) is 0 Å². The van der Waals surface area contributed by atoms with Crippen molar-refractivity contribution in [1.29, 1.82) is 0 Å². The maximum absolute atomic E-state index is 11.5. The first kappa shape index (κ1) is 10.2. The molecule has 0 aromatic heterocycles. The molecule has 0 saturated heterocycles. The number of hydrogen-bond donors (Lipinski definition) is 1. The Hall–Kier alpha value is -1.35. The van der Waals surface area contributed by atoms with E-state index < -0.39 is 5.60 Å². The Bertz CT molecular complexity index is 418. The smallest absolute Gasteiger partial charge is 0.231 e. The Labute approximate surface area is 89.3 Å². The second-order valence-corrected chi connectivity index (χ2v) is 4.53. The van der Waals surface area contributed by atoms with Gasteiger partial charge in [0.25, 0.3) is 0 Å². The van der Waals surface area contributed by atoms with E-state index in [1.807, 2.05) is 18.2 Å². The van der Waals surface area contributed by atoms with Gasteiger partial charge in [0.2, 0.25) is 5.91 Å². The largest absolute Gasteiger partial charge is 0.386 e. The Morgan fingerprint density at radius 1 is 1.40 bits per heavy atom. The molecule has 1 aromatic rings. The van der Waals surface area contributed by atoms with Crippen LogP contribution in [0.2, 0.25) is 0 Å². The summed E-state index contributed by atoms with van der Waals surface area (Å²) in [5, 5.41) is 9.85. The van der Waals surface area contributed by atoms with Crippen molar-refractivity contribution in [3.05, 3.63) is 29.3 Å². The second-order valence-electron chi connectivity index (χ2n) is 4.53. The first-order valence-electron chi connectivity index (χ1n) is 5.02. The molecule has 3 nitrogen and oxygen atoms in total. The highest BCUT2D eigenvalue weighted by Crippen LogP contribution is 2.31. The van der Waals surface area contributed by atoms with Crippen molar-refractivity contribution < 1.29 is 9.90 Å². The van der Waals surface area contributed by atoms with E-state index in [0.29, 0.717) is 6.42 Å². The third-order valence-electron chi connectivity index (χ3n) is 2.86. The van der Waals surface area contributed by atoms with Crippen LogP contribution in [0.4, 0.5) is 5.69 Å². The molecule has 1 aromatic carbocycles. The summed E-state index contributed by atoms with van der Waals surface area (Å²) in [6.45, 7) is 3.49. The number of likely N-dealkylation sites (N-methyl/N-ethyl adjacent to an activating group) is 1. The number of anilines is 1. The van der Waals surface area contributed by atoms with E-state index in [0.717, 1.165) is 16.8 Å². The van der Waals surface area contributed by atoms with Gasteiger partial charge in [-0.25, -0.2) is 0 Å². The summed E-state index contributed by atoms with van der Waals surface area (Å²) in [6, 6.07) is 5.68. The fourth-order valence-electron chi connectivity index (χ4n) is 1.85. The van der Waals surface area contributed by atoms with Crippen molar-refractivity contribution >= 4 is 11.6 Å². The molecule has 1 heterocycles. The van der Waals surface area contributed by atoms with Crippen LogP contribution in [-0.2, 0) is 16.8 Å². The number of fused-ring (bicyclic) bond motifs is 1. The van der Waals surface area contributed by atoms with Crippen LogP contribution < -0.4 is 4.90 Å². The molecule has 0 atom stereocenters. The van der Waals surface area contributed by atoms with Gasteiger partial charge in [-0.3, -0.25) is 4.79 Å². The topological polar surface area (TPSA) is 40.5 Å². The zero-order valence-electron chi connectivity index (χ0n) is 9.24. The number of rotatable bonds is 1. The van der Waals surface area contributed by atoms with E-state index in [2.05, 4.69) is 0 Å².